The number of aliphatic hydroxyl groups is 1. The monoisotopic (exact) mass is 302 g/mol. The van der Waals surface area contributed by atoms with Gasteiger partial charge in [-0.2, -0.15) is 0 Å². The third-order valence-electron chi connectivity index (χ3n) is 4.00. The number of hydrogen-bond acceptors (Lipinski definition) is 4. The summed E-state index contributed by atoms with van der Waals surface area (Å²) in [6, 6.07) is 8.22. The third kappa shape index (κ3) is 3.03. The summed E-state index contributed by atoms with van der Waals surface area (Å²) >= 11 is 1.75. The highest BCUT2D eigenvalue weighted by Crippen LogP contribution is 2.32. The maximum atomic E-state index is 10.4. The van der Waals surface area contributed by atoms with Crippen molar-refractivity contribution >= 4 is 11.3 Å². The lowest BCUT2D eigenvalue weighted by Gasteiger charge is -2.16. The van der Waals surface area contributed by atoms with Gasteiger partial charge in [0.05, 0.1) is 6.10 Å². The minimum Gasteiger partial charge on any atom is -0.387 e. The molecule has 3 nitrogen and oxygen atoms in total. The lowest BCUT2D eigenvalue weighted by molar-refractivity contribution is 0.141. The molecule has 4 heteroatoms. The zero-order chi connectivity index (χ0) is 15.0. The first-order valence-electron chi connectivity index (χ1n) is 7.39. The first-order valence-corrected chi connectivity index (χ1v) is 8.21. The van der Waals surface area contributed by atoms with Gasteiger partial charge in [0.1, 0.15) is 5.01 Å². The number of fused-ring (bicyclic) bond motifs is 1. The molecule has 0 aliphatic heterocycles. The number of aliphatic hydroxyl groups excluding tert-OH is 1. The molecular formula is C17H22N2OS. The number of hydrogen-bond donors (Lipinski definition) is 2. The smallest absolute Gasteiger partial charge is 0.107 e. The van der Waals surface area contributed by atoms with Crippen molar-refractivity contribution in [3.63, 3.8) is 0 Å². The van der Waals surface area contributed by atoms with Crippen LogP contribution in [0.25, 0.3) is 0 Å². The van der Waals surface area contributed by atoms with Crippen molar-refractivity contribution in [1.82, 2.24) is 10.3 Å². The molecule has 1 heterocycles. The molecule has 1 aromatic heterocycles. The second-order valence-corrected chi connectivity index (χ2v) is 7.82. The van der Waals surface area contributed by atoms with E-state index in [1.165, 1.54) is 10.4 Å². The van der Waals surface area contributed by atoms with Gasteiger partial charge < -0.3 is 10.4 Å². The van der Waals surface area contributed by atoms with Gasteiger partial charge in [-0.1, -0.05) is 45.0 Å². The van der Waals surface area contributed by atoms with Gasteiger partial charge in [-0.15, -0.1) is 11.3 Å². The zero-order valence-corrected chi connectivity index (χ0v) is 13.6. The minimum absolute atomic E-state index is 0.0874. The molecule has 0 saturated carbocycles. The molecule has 1 aliphatic carbocycles. The van der Waals surface area contributed by atoms with Crippen LogP contribution >= 0.6 is 11.3 Å². The van der Waals surface area contributed by atoms with Crippen LogP contribution in [-0.2, 0) is 18.4 Å². The Morgan fingerprint density at radius 1 is 1.33 bits per heavy atom. The quantitative estimate of drug-likeness (QED) is 0.915. The van der Waals surface area contributed by atoms with E-state index in [9.17, 15) is 5.11 Å². The van der Waals surface area contributed by atoms with Crippen molar-refractivity contribution < 1.29 is 5.11 Å². The molecule has 1 aliphatic rings. The molecule has 0 unspecified atom stereocenters. The van der Waals surface area contributed by atoms with Crippen LogP contribution in [0.1, 0.15) is 47.9 Å². The summed E-state index contributed by atoms with van der Waals surface area (Å²) in [5.74, 6) is 0. The van der Waals surface area contributed by atoms with Crippen molar-refractivity contribution in [3.05, 3.63) is 51.5 Å². The summed E-state index contributed by atoms with van der Waals surface area (Å²) < 4.78 is 0. The highest BCUT2D eigenvalue weighted by molar-refractivity contribution is 7.11. The number of aromatic nitrogens is 1. The summed E-state index contributed by atoms with van der Waals surface area (Å²) in [5.41, 5.74) is 2.46. The van der Waals surface area contributed by atoms with Crippen LogP contribution in [0.15, 0.2) is 30.5 Å². The predicted molar refractivity (Wildman–Crippen MR) is 86.5 cm³/mol. The molecule has 21 heavy (non-hydrogen) atoms. The Bertz CT molecular complexity index is 630. The van der Waals surface area contributed by atoms with E-state index >= 15 is 0 Å². The van der Waals surface area contributed by atoms with Crippen molar-refractivity contribution in [2.75, 3.05) is 0 Å². The van der Waals surface area contributed by atoms with Gasteiger partial charge in [0.15, 0.2) is 0 Å². The van der Waals surface area contributed by atoms with Crippen LogP contribution in [0.4, 0.5) is 0 Å². The topological polar surface area (TPSA) is 45.2 Å². The normalized spacial score (nSPS) is 21.5. The van der Waals surface area contributed by atoms with Crippen LogP contribution in [0.3, 0.4) is 0 Å². The molecular weight excluding hydrogens is 280 g/mol. The molecule has 0 radical (unpaired) electrons. The largest absolute Gasteiger partial charge is 0.387 e. The first kappa shape index (κ1) is 14.7. The summed E-state index contributed by atoms with van der Waals surface area (Å²) in [7, 11) is 0. The SMILES string of the molecule is CC(C)(C)c1cnc(CN[C@@H]2Cc3ccccc3[C@@H]2O)s1. The summed E-state index contributed by atoms with van der Waals surface area (Å²) in [6.45, 7) is 7.33. The molecule has 0 bridgehead atoms. The van der Waals surface area contributed by atoms with E-state index < -0.39 is 6.10 Å². The molecule has 2 N–H and O–H groups in total. The Balaban J connectivity index is 1.63. The second kappa shape index (κ2) is 5.52. The lowest BCUT2D eigenvalue weighted by Crippen LogP contribution is -2.32. The first-order chi connectivity index (χ1) is 9.95. The fraction of sp³-hybridized carbons (Fsp3) is 0.471. The van der Waals surface area contributed by atoms with E-state index in [2.05, 4.69) is 37.1 Å². The number of rotatable bonds is 3. The lowest BCUT2D eigenvalue weighted by atomic mass is 9.96. The fourth-order valence-electron chi connectivity index (χ4n) is 2.71. The molecule has 0 saturated heterocycles. The Labute approximate surface area is 130 Å². The van der Waals surface area contributed by atoms with Crippen molar-refractivity contribution in [1.29, 1.82) is 0 Å². The number of nitrogens with zero attached hydrogens (tertiary/aromatic N) is 1. The van der Waals surface area contributed by atoms with E-state index in [4.69, 9.17) is 0 Å². The third-order valence-corrected chi connectivity index (χ3v) is 5.43. The summed E-state index contributed by atoms with van der Waals surface area (Å²) in [5, 5.41) is 14.9. The van der Waals surface area contributed by atoms with E-state index in [0.717, 1.165) is 23.5 Å². The zero-order valence-electron chi connectivity index (χ0n) is 12.8. The molecule has 0 fully saturated rings. The highest BCUT2D eigenvalue weighted by atomic mass is 32.1. The Morgan fingerprint density at radius 2 is 2.10 bits per heavy atom. The van der Waals surface area contributed by atoms with Gasteiger partial charge in [-0.05, 0) is 23.0 Å². The predicted octanol–water partition coefficient (Wildman–Crippen LogP) is 3.19. The Morgan fingerprint density at radius 3 is 2.76 bits per heavy atom. The van der Waals surface area contributed by atoms with Crippen LogP contribution in [0.5, 0.6) is 0 Å². The van der Waals surface area contributed by atoms with E-state index in [-0.39, 0.29) is 11.5 Å². The molecule has 112 valence electrons. The maximum absolute atomic E-state index is 10.4. The Hall–Kier alpha value is -1.23. The summed E-state index contributed by atoms with van der Waals surface area (Å²) in [4.78, 5) is 5.79. The van der Waals surface area contributed by atoms with E-state index in [0.29, 0.717) is 0 Å². The van der Waals surface area contributed by atoms with Gasteiger partial charge in [-0.25, -0.2) is 4.98 Å². The van der Waals surface area contributed by atoms with Gasteiger partial charge >= 0.3 is 0 Å². The highest BCUT2D eigenvalue weighted by Gasteiger charge is 2.30. The van der Waals surface area contributed by atoms with E-state index in [1.807, 2.05) is 24.4 Å². The van der Waals surface area contributed by atoms with Crippen molar-refractivity contribution in [3.8, 4) is 0 Å². The van der Waals surface area contributed by atoms with Crippen molar-refractivity contribution in [2.45, 2.75) is 51.3 Å². The molecule has 2 atom stereocenters. The molecule has 2 aromatic rings. The summed E-state index contributed by atoms with van der Waals surface area (Å²) in [6.07, 6.45) is 2.44. The molecule has 0 amide bonds. The molecule has 0 spiro atoms. The van der Waals surface area contributed by atoms with Crippen LogP contribution in [0.2, 0.25) is 0 Å². The number of thiazole rings is 1. The van der Waals surface area contributed by atoms with Gasteiger partial charge in [-0.3, -0.25) is 0 Å². The number of benzene rings is 1. The minimum atomic E-state index is -0.414. The Kier molecular flexibility index (Phi) is 3.86. The van der Waals surface area contributed by atoms with E-state index in [1.54, 1.807) is 11.3 Å². The van der Waals surface area contributed by atoms with Gasteiger partial charge in [0, 0.05) is 23.7 Å². The average Bonchev–Trinajstić information content (AvgIpc) is 3.02. The maximum Gasteiger partial charge on any atom is 0.107 e. The van der Waals surface area contributed by atoms with Gasteiger partial charge in [0.25, 0.3) is 0 Å². The fourth-order valence-corrected chi connectivity index (χ4v) is 3.64. The standard InChI is InChI=1S/C17H22N2OS/c1-17(2,3)14-9-19-15(21-14)10-18-13-8-11-6-4-5-7-12(11)16(13)20/h4-7,9,13,16,18,20H,8,10H2,1-3H3/t13-,16+/m1/s1. The molecule has 1 aromatic carbocycles. The van der Waals surface area contributed by atoms with Crippen molar-refractivity contribution in [2.24, 2.45) is 0 Å². The number of nitrogens with one attached hydrogen (secondary N) is 1. The van der Waals surface area contributed by atoms with Crippen LogP contribution in [-0.4, -0.2) is 16.1 Å². The second-order valence-electron chi connectivity index (χ2n) is 6.70. The van der Waals surface area contributed by atoms with Gasteiger partial charge in [0.2, 0.25) is 0 Å². The van der Waals surface area contributed by atoms with Crippen LogP contribution < -0.4 is 5.32 Å². The van der Waals surface area contributed by atoms with Crippen LogP contribution in [0, 0.1) is 0 Å². The molecule has 3 rings (SSSR count). The average molecular weight is 302 g/mol.